The molecule has 0 saturated carbocycles. The van der Waals surface area contributed by atoms with Gasteiger partial charge in [0, 0.05) is 0 Å². The highest BCUT2D eigenvalue weighted by molar-refractivity contribution is 5.74. The largest absolute Gasteiger partial charge is 0.467 e. The number of nitrogens with one attached hydrogen (secondary N) is 2. The highest BCUT2D eigenvalue weighted by atomic mass is 19.4. The van der Waals surface area contributed by atoms with Gasteiger partial charge in [-0.3, -0.25) is 0 Å². The van der Waals surface area contributed by atoms with Crippen molar-refractivity contribution in [2.75, 3.05) is 0 Å². The minimum Gasteiger partial charge on any atom is -0.467 e. The van der Waals surface area contributed by atoms with Gasteiger partial charge in [0.05, 0.1) is 24.4 Å². The Morgan fingerprint density at radius 1 is 1.27 bits per heavy atom. The van der Waals surface area contributed by atoms with E-state index in [-0.39, 0.29) is 6.54 Å². The summed E-state index contributed by atoms with van der Waals surface area (Å²) in [5, 5.41) is 5.14. The van der Waals surface area contributed by atoms with E-state index in [9.17, 15) is 18.0 Å². The van der Waals surface area contributed by atoms with Crippen molar-refractivity contribution in [2.45, 2.75) is 25.7 Å². The van der Waals surface area contributed by atoms with Gasteiger partial charge in [-0.25, -0.2) is 4.79 Å². The molecule has 1 heterocycles. The SMILES string of the molecule is CC(NC(=O)NCc1ccco1)c1cccc(C(F)(F)F)c1. The van der Waals surface area contributed by atoms with Crippen LogP contribution in [-0.4, -0.2) is 6.03 Å². The maximum absolute atomic E-state index is 12.7. The monoisotopic (exact) mass is 312 g/mol. The van der Waals surface area contributed by atoms with Crippen molar-refractivity contribution in [3.05, 3.63) is 59.5 Å². The Hall–Kier alpha value is -2.44. The molecule has 2 aromatic rings. The number of halogens is 3. The van der Waals surface area contributed by atoms with Crippen LogP contribution in [0.3, 0.4) is 0 Å². The zero-order chi connectivity index (χ0) is 16.2. The molecule has 1 aromatic carbocycles. The van der Waals surface area contributed by atoms with Gasteiger partial charge < -0.3 is 15.1 Å². The first-order chi connectivity index (χ1) is 10.4. The lowest BCUT2D eigenvalue weighted by atomic mass is 10.1. The smallest absolute Gasteiger partial charge is 0.416 e. The molecule has 1 atom stereocenters. The predicted molar refractivity (Wildman–Crippen MR) is 73.9 cm³/mol. The van der Waals surface area contributed by atoms with Gasteiger partial charge in [0.2, 0.25) is 0 Å². The zero-order valence-electron chi connectivity index (χ0n) is 11.8. The van der Waals surface area contributed by atoms with Crippen molar-refractivity contribution >= 4 is 6.03 Å². The Balaban J connectivity index is 1.94. The zero-order valence-corrected chi connectivity index (χ0v) is 11.8. The number of rotatable bonds is 4. The van der Waals surface area contributed by atoms with Crippen LogP contribution in [0.1, 0.15) is 29.9 Å². The number of benzene rings is 1. The van der Waals surface area contributed by atoms with Crippen molar-refractivity contribution in [3.8, 4) is 0 Å². The molecule has 1 aromatic heterocycles. The third-order valence-corrected chi connectivity index (χ3v) is 3.06. The molecule has 7 heteroatoms. The summed E-state index contributed by atoms with van der Waals surface area (Å²) < 4.78 is 43.0. The van der Waals surface area contributed by atoms with E-state index in [1.54, 1.807) is 19.1 Å². The first-order valence-electron chi connectivity index (χ1n) is 6.60. The maximum atomic E-state index is 12.7. The molecule has 0 aliphatic rings. The quantitative estimate of drug-likeness (QED) is 0.900. The summed E-state index contributed by atoms with van der Waals surface area (Å²) in [6, 6.07) is 7.23. The molecular formula is C15H15F3N2O2. The van der Waals surface area contributed by atoms with E-state index in [1.807, 2.05) is 0 Å². The summed E-state index contributed by atoms with van der Waals surface area (Å²) in [5.41, 5.74) is -0.363. The second kappa shape index (κ2) is 6.55. The summed E-state index contributed by atoms with van der Waals surface area (Å²) in [5.74, 6) is 0.585. The molecule has 2 rings (SSSR count). The van der Waals surface area contributed by atoms with Gasteiger partial charge in [0.15, 0.2) is 0 Å². The third kappa shape index (κ3) is 4.28. The Bertz CT molecular complexity index is 624. The average Bonchev–Trinajstić information content (AvgIpc) is 2.97. The fourth-order valence-electron chi connectivity index (χ4n) is 1.90. The van der Waals surface area contributed by atoms with E-state index in [1.165, 1.54) is 18.4 Å². The van der Waals surface area contributed by atoms with Crippen LogP contribution in [0.2, 0.25) is 0 Å². The van der Waals surface area contributed by atoms with Gasteiger partial charge >= 0.3 is 12.2 Å². The summed E-state index contributed by atoms with van der Waals surface area (Å²) in [6.45, 7) is 1.82. The normalized spacial score (nSPS) is 12.7. The number of hydrogen-bond donors (Lipinski definition) is 2. The van der Waals surface area contributed by atoms with Crippen molar-refractivity contribution in [3.63, 3.8) is 0 Å². The molecule has 0 fully saturated rings. The molecule has 0 spiro atoms. The van der Waals surface area contributed by atoms with Crippen LogP contribution < -0.4 is 10.6 Å². The molecule has 4 nitrogen and oxygen atoms in total. The number of urea groups is 1. The first kappa shape index (κ1) is 15.9. The predicted octanol–water partition coefficient (Wildman–Crippen LogP) is 3.86. The summed E-state index contributed by atoms with van der Waals surface area (Å²) >= 11 is 0. The van der Waals surface area contributed by atoms with Crippen LogP contribution in [0.25, 0.3) is 0 Å². The number of furan rings is 1. The van der Waals surface area contributed by atoms with Gasteiger partial charge in [0.25, 0.3) is 0 Å². The summed E-state index contributed by atoms with van der Waals surface area (Å²) in [6.07, 6.45) is -2.92. The van der Waals surface area contributed by atoms with Crippen molar-refractivity contribution in [1.82, 2.24) is 10.6 Å². The molecule has 118 valence electrons. The fraction of sp³-hybridized carbons (Fsp3) is 0.267. The molecular weight excluding hydrogens is 297 g/mol. The number of alkyl halides is 3. The maximum Gasteiger partial charge on any atom is 0.416 e. The number of carbonyl (C=O) groups excluding carboxylic acids is 1. The van der Waals surface area contributed by atoms with Crippen molar-refractivity contribution in [2.24, 2.45) is 0 Å². The van der Waals surface area contributed by atoms with Crippen LogP contribution in [0.4, 0.5) is 18.0 Å². The Morgan fingerprint density at radius 2 is 2.05 bits per heavy atom. The standard InChI is InChI=1S/C15H15F3N2O2/c1-10(11-4-2-5-12(8-11)15(16,17)18)20-14(21)19-9-13-6-3-7-22-13/h2-8,10H,9H2,1H3,(H2,19,20,21). The van der Waals surface area contributed by atoms with Crippen LogP contribution >= 0.6 is 0 Å². The van der Waals surface area contributed by atoms with Crippen molar-refractivity contribution < 1.29 is 22.4 Å². The van der Waals surface area contributed by atoms with Gasteiger partial charge in [-0.15, -0.1) is 0 Å². The molecule has 2 amide bonds. The second-order valence-corrected chi connectivity index (χ2v) is 4.75. The topological polar surface area (TPSA) is 54.3 Å². The highest BCUT2D eigenvalue weighted by Crippen LogP contribution is 2.30. The van der Waals surface area contributed by atoms with E-state index in [2.05, 4.69) is 10.6 Å². The molecule has 0 saturated heterocycles. The lowest BCUT2D eigenvalue weighted by molar-refractivity contribution is -0.137. The van der Waals surface area contributed by atoms with Gasteiger partial charge in [0.1, 0.15) is 5.76 Å². The van der Waals surface area contributed by atoms with Crippen molar-refractivity contribution in [1.29, 1.82) is 0 Å². The number of amides is 2. The Morgan fingerprint density at radius 3 is 2.68 bits per heavy atom. The minimum absolute atomic E-state index is 0.203. The fourth-order valence-corrected chi connectivity index (χ4v) is 1.90. The van der Waals surface area contributed by atoms with Gasteiger partial charge in [-0.05, 0) is 36.8 Å². The first-order valence-corrected chi connectivity index (χ1v) is 6.60. The Labute approximate surface area is 125 Å². The molecule has 0 bridgehead atoms. The average molecular weight is 312 g/mol. The molecule has 0 aliphatic carbocycles. The van der Waals surface area contributed by atoms with E-state index >= 15 is 0 Å². The van der Waals surface area contributed by atoms with Crippen LogP contribution in [0.15, 0.2) is 47.1 Å². The highest BCUT2D eigenvalue weighted by Gasteiger charge is 2.30. The van der Waals surface area contributed by atoms with Crippen LogP contribution in [-0.2, 0) is 12.7 Å². The molecule has 0 radical (unpaired) electrons. The van der Waals surface area contributed by atoms with E-state index in [0.717, 1.165) is 12.1 Å². The van der Waals surface area contributed by atoms with E-state index in [4.69, 9.17) is 4.42 Å². The second-order valence-electron chi connectivity index (χ2n) is 4.75. The van der Waals surface area contributed by atoms with E-state index < -0.39 is 23.8 Å². The molecule has 22 heavy (non-hydrogen) atoms. The van der Waals surface area contributed by atoms with E-state index in [0.29, 0.717) is 11.3 Å². The van der Waals surface area contributed by atoms with Gasteiger partial charge in [-0.2, -0.15) is 13.2 Å². The Kier molecular flexibility index (Phi) is 4.75. The lowest BCUT2D eigenvalue weighted by Crippen LogP contribution is -2.36. The summed E-state index contributed by atoms with van der Waals surface area (Å²) in [7, 11) is 0. The minimum atomic E-state index is -4.41. The third-order valence-electron chi connectivity index (χ3n) is 3.06. The number of hydrogen-bond acceptors (Lipinski definition) is 2. The summed E-state index contributed by atoms with van der Waals surface area (Å²) in [4.78, 5) is 11.7. The molecule has 2 N–H and O–H groups in total. The molecule has 1 unspecified atom stereocenters. The number of carbonyl (C=O) groups is 1. The van der Waals surface area contributed by atoms with Gasteiger partial charge in [-0.1, -0.05) is 12.1 Å². The van der Waals surface area contributed by atoms with Crippen LogP contribution in [0, 0.1) is 0 Å². The lowest BCUT2D eigenvalue weighted by Gasteiger charge is -2.16. The van der Waals surface area contributed by atoms with Crippen LogP contribution in [0.5, 0.6) is 0 Å². The molecule has 0 aliphatic heterocycles.